The van der Waals surface area contributed by atoms with Gasteiger partial charge in [-0.05, 0) is 42.7 Å². The number of carbonyl (C=O) groups is 1. The lowest BCUT2D eigenvalue weighted by atomic mass is 10.1. The summed E-state index contributed by atoms with van der Waals surface area (Å²) in [6, 6.07) is 13.6. The third-order valence-corrected chi connectivity index (χ3v) is 4.47. The first kappa shape index (κ1) is 18.2. The number of ether oxygens (including phenoxy) is 1. The van der Waals surface area contributed by atoms with Crippen molar-refractivity contribution < 1.29 is 9.53 Å². The number of nitrogens with zero attached hydrogens (tertiary/aromatic N) is 2. The van der Waals surface area contributed by atoms with E-state index in [1.165, 1.54) is 0 Å². The number of nitrogens with one attached hydrogen (secondary N) is 1. The van der Waals surface area contributed by atoms with E-state index in [2.05, 4.69) is 25.9 Å². The highest BCUT2D eigenvalue weighted by Crippen LogP contribution is 2.30. The molecule has 0 saturated heterocycles. The number of anilines is 1. The molecular formula is C20H20BrN3O2. The predicted octanol–water partition coefficient (Wildman–Crippen LogP) is 5.13. The second-order valence-electron chi connectivity index (χ2n) is 6.05. The van der Waals surface area contributed by atoms with Crippen molar-refractivity contribution in [1.82, 2.24) is 9.97 Å². The monoisotopic (exact) mass is 413 g/mol. The highest BCUT2D eigenvalue weighted by Gasteiger charge is 2.22. The number of aryl methyl sites for hydroxylation is 2. The molecule has 0 unspecified atom stereocenters. The van der Waals surface area contributed by atoms with Crippen LogP contribution in [-0.2, 0) is 17.9 Å². The summed E-state index contributed by atoms with van der Waals surface area (Å²) >= 11 is 3.50. The van der Waals surface area contributed by atoms with Gasteiger partial charge in [0.25, 0.3) is 0 Å². The molecule has 0 bridgehead atoms. The minimum atomic E-state index is -0.404. The second kappa shape index (κ2) is 8.19. The Bertz CT molecular complexity index is 856. The number of rotatable bonds is 5. The zero-order chi connectivity index (χ0) is 18.5. The van der Waals surface area contributed by atoms with E-state index in [1.54, 1.807) is 17.3 Å². The molecule has 134 valence electrons. The fourth-order valence-electron chi connectivity index (χ4n) is 2.90. The molecule has 0 fully saturated rings. The summed E-state index contributed by atoms with van der Waals surface area (Å²) in [4.78, 5) is 21.8. The van der Waals surface area contributed by atoms with E-state index in [9.17, 15) is 4.79 Å². The van der Waals surface area contributed by atoms with Crippen molar-refractivity contribution in [2.75, 3.05) is 4.90 Å². The number of halogens is 1. The smallest absolute Gasteiger partial charge is 0.415 e. The van der Waals surface area contributed by atoms with Gasteiger partial charge in [-0.1, -0.05) is 46.3 Å². The highest BCUT2D eigenvalue weighted by atomic mass is 79.9. The van der Waals surface area contributed by atoms with E-state index in [0.717, 1.165) is 26.9 Å². The Hall–Kier alpha value is -2.60. The summed E-state index contributed by atoms with van der Waals surface area (Å²) in [5.41, 5.74) is 3.76. The topological polar surface area (TPSA) is 58.2 Å². The number of aromatic nitrogens is 2. The van der Waals surface area contributed by atoms with E-state index >= 15 is 0 Å². The summed E-state index contributed by atoms with van der Waals surface area (Å²) in [7, 11) is 0. The molecule has 0 atom stereocenters. The van der Waals surface area contributed by atoms with E-state index in [-0.39, 0.29) is 6.61 Å². The quantitative estimate of drug-likeness (QED) is 0.630. The van der Waals surface area contributed by atoms with Crippen molar-refractivity contribution in [2.45, 2.75) is 27.0 Å². The number of aromatic amines is 1. The van der Waals surface area contributed by atoms with Gasteiger partial charge in [-0.15, -0.1) is 0 Å². The average Bonchev–Trinajstić information content (AvgIpc) is 3.12. The van der Waals surface area contributed by atoms with E-state index in [4.69, 9.17) is 4.74 Å². The first-order valence-corrected chi connectivity index (χ1v) is 9.07. The zero-order valence-corrected chi connectivity index (χ0v) is 16.3. The minimum Gasteiger partial charge on any atom is -0.444 e. The minimum absolute atomic E-state index is 0.225. The summed E-state index contributed by atoms with van der Waals surface area (Å²) in [6.45, 7) is 4.49. The maximum Gasteiger partial charge on any atom is 0.415 e. The van der Waals surface area contributed by atoms with Gasteiger partial charge in [0.15, 0.2) is 0 Å². The zero-order valence-electron chi connectivity index (χ0n) is 14.7. The van der Waals surface area contributed by atoms with Crippen LogP contribution in [0.4, 0.5) is 10.5 Å². The molecule has 1 N–H and O–H groups in total. The lowest BCUT2D eigenvalue weighted by Crippen LogP contribution is -2.32. The third kappa shape index (κ3) is 4.32. The van der Waals surface area contributed by atoms with Gasteiger partial charge in [0, 0.05) is 16.9 Å². The molecule has 2 aromatic carbocycles. The molecule has 3 aromatic rings. The Morgan fingerprint density at radius 3 is 2.50 bits per heavy atom. The molecule has 26 heavy (non-hydrogen) atoms. The van der Waals surface area contributed by atoms with Crippen LogP contribution in [0.5, 0.6) is 0 Å². The maximum absolute atomic E-state index is 12.9. The van der Waals surface area contributed by atoms with Gasteiger partial charge in [0.2, 0.25) is 0 Å². The number of hydrogen-bond donors (Lipinski definition) is 1. The van der Waals surface area contributed by atoms with Gasteiger partial charge in [-0.2, -0.15) is 0 Å². The molecule has 1 amide bonds. The molecule has 1 aromatic heterocycles. The molecule has 1 heterocycles. The molecule has 0 aliphatic heterocycles. The normalized spacial score (nSPS) is 10.6. The van der Waals surface area contributed by atoms with Crippen LogP contribution in [0.3, 0.4) is 0 Å². The predicted molar refractivity (Wildman–Crippen MR) is 105 cm³/mol. The third-order valence-electron chi connectivity index (χ3n) is 4.01. The SMILES string of the molecule is Cc1cc(Br)cc(C)c1N(Cc1ncc[nH]1)C(=O)OCc1ccccc1. The Kier molecular flexibility index (Phi) is 5.73. The number of benzene rings is 2. The average molecular weight is 414 g/mol. The van der Waals surface area contributed by atoms with Crippen molar-refractivity contribution in [1.29, 1.82) is 0 Å². The van der Waals surface area contributed by atoms with Crippen LogP contribution in [0, 0.1) is 13.8 Å². The van der Waals surface area contributed by atoms with Gasteiger partial charge < -0.3 is 9.72 Å². The van der Waals surface area contributed by atoms with Gasteiger partial charge in [0.05, 0.1) is 12.2 Å². The first-order chi connectivity index (χ1) is 12.5. The van der Waals surface area contributed by atoms with Gasteiger partial charge >= 0.3 is 6.09 Å². The molecule has 5 nitrogen and oxygen atoms in total. The first-order valence-electron chi connectivity index (χ1n) is 8.28. The lowest BCUT2D eigenvalue weighted by Gasteiger charge is -2.25. The van der Waals surface area contributed by atoms with Crippen LogP contribution >= 0.6 is 15.9 Å². The number of imidazole rings is 1. The fraction of sp³-hybridized carbons (Fsp3) is 0.200. The van der Waals surface area contributed by atoms with Crippen LogP contribution < -0.4 is 4.90 Å². The van der Waals surface area contributed by atoms with Crippen LogP contribution in [0.1, 0.15) is 22.5 Å². The summed E-state index contributed by atoms with van der Waals surface area (Å²) < 4.78 is 6.55. The van der Waals surface area contributed by atoms with Gasteiger partial charge in [-0.25, -0.2) is 9.78 Å². The lowest BCUT2D eigenvalue weighted by molar-refractivity contribution is 0.146. The largest absolute Gasteiger partial charge is 0.444 e. The van der Waals surface area contributed by atoms with E-state index < -0.39 is 6.09 Å². The highest BCUT2D eigenvalue weighted by molar-refractivity contribution is 9.10. The fourth-order valence-corrected chi connectivity index (χ4v) is 3.58. The Morgan fingerprint density at radius 2 is 1.88 bits per heavy atom. The molecule has 6 heteroatoms. The van der Waals surface area contributed by atoms with E-state index in [1.807, 2.05) is 56.3 Å². The van der Waals surface area contributed by atoms with Crippen LogP contribution in [0.15, 0.2) is 59.3 Å². The summed E-state index contributed by atoms with van der Waals surface area (Å²) in [5.74, 6) is 0.698. The Labute approximate surface area is 161 Å². The Balaban J connectivity index is 1.87. The molecular weight excluding hydrogens is 394 g/mol. The molecule has 0 saturated carbocycles. The van der Waals surface area contributed by atoms with Crippen LogP contribution in [0.25, 0.3) is 0 Å². The molecule has 0 aliphatic rings. The number of hydrogen-bond acceptors (Lipinski definition) is 3. The van der Waals surface area contributed by atoms with Crippen molar-refractivity contribution >= 4 is 27.7 Å². The van der Waals surface area contributed by atoms with Crippen molar-refractivity contribution in [3.05, 3.63) is 81.8 Å². The van der Waals surface area contributed by atoms with Gasteiger partial charge in [-0.3, -0.25) is 4.90 Å². The number of H-pyrrole nitrogens is 1. The van der Waals surface area contributed by atoms with Crippen LogP contribution in [-0.4, -0.2) is 16.1 Å². The van der Waals surface area contributed by atoms with Gasteiger partial charge in [0.1, 0.15) is 12.4 Å². The van der Waals surface area contributed by atoms with Crippen molar-refractivity contribution in [2.24, 2.45) is 0 Å². The number of amides is 1. The standard InChI is InChI=1S/C20H20BrN3O2/c1-14-10-17(21)11-15(2)19(14)24(12-18-22-8-9-23-18)20(25)26-13-16-6-4-3-5-7-16/h3-11H,12-13H2,1-2H3,(H,22,23). The molecule has 0 aliphatic carbocycles. The Morgan fingerprint density at radius 1 is 1.19 bits per heavy atom. The van der Waals surface area contributed by atoms with Crippen molar-refractivity contribution in [3.8, 4) is 0 Å². The maximum atomic E-state index is 12.9. The molecule has 3 rings (SSSR count). The van der Waals surface area contributed by atoms with Crippen molar-refractivity contribution in [3.63, 3.8) is 0 Å². The second-order valence-corrected chi connectivity index (χ2v) is 6.97. The van der Waals surface area contributed by atoms with E-state index in [0.29, 0.717) is 12.4 Å². The number of carbonyl (C=O) groups excluding carboxylic acids is 1. The van der Waals surface area contributed by atoms with Crippen LogP contribution in [0.2, 0.25) is 0 Å². The summed E-state index contributed by atoms with van der Waals surface area (Å²) in [5, 5.41) is 0. The molecule has 0 radical (unpaired) electrons. The summed E-state index contributed by atoms with van der Waals surface area (Å²) in [6.07, 6.45) is 3.01. The molecule has 0 spiro atoms.